The minimum absolute atomic E-state index is 0.264. The zero-order valence-corrected chi connectivity index (χ0v) is 20.8. The Morgan fingerprint density at radius 1 is 1.09 bits per heavy atom. The zero-order valence-electron chi connectivity index (χ0n) is 19.2. The number of esters is 1. The van der Waals surface area contributed by atoms with E-state index in [1.165, 1.54) is 18.4 Å². The second kappa shape index (κ2) is 9.13. The van der Waals surface area contributed by atoms with Gasteiger partial charge in [0.1, 0.15) is 5.15 Å². The number of ether oxygens (including phenoxy) is 1. The smallest absolute Gasteiger partial charge is 0.338 e. The van der Waals surface area contributed by atoms with E-state index in [2.05, 4.69) is 10.1 Å². The summed E-state index contributed by atoms with van der Waals surface area (Å²) < 4.78 is 8.68. The van der Waals surface area contributed by atoms with E-state index in [9.17, 15) is 9.59 Å². The number of benzene rings is 2. The Kier molecular flexibility index (Phi) is 6.00. The summed E-state index contributed by atoms with van der Waals surface area (Å²) in [4.78, 5) is 31.5. The van der Waals surface area contributed by atoms with Gasteiger partial charge in [-0.05, 0) is 37.6 Å². The van der Waals surface area contributed by atoms with Crippen LogP contribution in [-0.4, -0.2) is 27.4 Å². The van der Waals surface area contributed by atoms with Gasteiger partial charge in [0.15, 0.2) is 4.80 Å². The summed E-state index contributed by atoms with van der Waals surface area (Å²) in [6.45, 7) is 3.60. The number of nitrogens with zero attached hydrogens (tertiary/aromatic N) is 4. The summed E-state index contributed by atoms with van der Waals surface area (Å²) in [6.07, 6.45) is 1.74. The molecule has 1 aliphatic rings. The number of carbonyl (C=O) groups is 1. The molecule has 0 fully saturated rings. The Bertz CT molecular complexity index is 1650. The molecule has 2 aromatic heterocycles. The van der Waals surface area contributed by atoms with Crippen LogP contribution in [0.3, 0.4) is 0 Å². The number of aromatic nitrogens is 3. The monoisotopic (exact) mass is 504 g/mol. The Hall–Kier alpha value is -3.75. The number of rotatable bonds is 4. The molecular formula is C26H21ClN4O3S. The molecule has 0 amide bonds. The molecule has 0 saturated carbocycles. The van der Waals surface area contributed by atoms with Gasteiger partial charge in [-0.1, -0.05) is 71.5 Å². The highest BCUT2D eigenvalue weighted by Crippen LogP contribution is 2.30. The lowest BCUT2D eigenvalue weighted by atomic mass is 9.96. The van der Waals surface area contributed by atoms with Crippen molar-refractivity contribution in [3.63, 3.8) is 0 Å². The Morgan fingerprint density at radius 2 is 1.74 bits per heavy atom. The van der Waals surface area contributed by atoms with Crippen molar-refractivity contribution in [2.75, 3.05) is 7.11 Å². The normalized spacial score (nSPS) is 15.7. The number of allylic oxidation sites excluding steroid dienone is 1. The van der Waals surface area contributed by atoms with Crippen molar-refractivity contribution in [1.29, 1.82) is 0 Å². The van der Waals surface area contributed by atoms with E-state index in [0.717, 1.165) is 11.3 Å². The van der Waals surface area contributed by atoms with Crippen LogP contribution in [-0.2, 0) is 9.53 Å². The van der Waals surface area contributed by atoms with Crippen molar-refractivity contribution in [2.24, 2.45) is 4.99 Å². The van der Waals surface area contributed by atoms with Crippen LogP contribution in [0.2, 0.25) is 5.15 Å². The van der Waals surface area contributed by atoms with E-state index in [1.54, 1.807) is 22.2 Å². The van der Waals surface area contributed by atoms with E-state index < -0.39 is 12.0 Å². The van der Waals surface area contributed by atoms with E-state index in [0.29, 0.717) is 37.0 Å². The van der Waals surface area contributed by atoms with Gasteiger partial charge in [0.2, 0.25) is 0 Å². The molecule has 0 spiro atoms. The molecule has 3 heterocycles. The fraction of sp³-hybridized carbons (Fsp3) is 0.154. The molecule has 7 nitrogen and oxygen atoms in total. The molecule has 1 atom stereocenters. The first-order chi connectivity index (χ1) is 16.9. The topological polar surface area (TPSA) is 78.5 Å². The summed E-state index contributed by atoms with van der Waals surface area (Å²) in [5.74, 6) is -0.516. The van der Waals surface area contributed by atoms with Gasteiger partial charge in [-0.15, -0.1) is 0 Å². The average Bonchev–Trinajstić information content (AvgIpc) is 3.34. The van der Waals surface area contributed by atoms with Crippen LogP contribution in [0.4, 0.5) is 0 Å². The molecule has 0 saturated heterocycles. The predicted octanol–water partition coefficient (Wildman–Crippen LogP) is 3.56. The van der Waals surface area contributed by atoms with Gasteiger partial charge in [-0.25, -0.2) is 14.5 Å². The Morgan fingerprint density at radius 3 is 2.40 bits per heavy atom. The van der Waals surface area contributed by atoms with Crippen molar-refractivity contribution >= 4 is 35.0 Å². The number of hydrogen-bond donors (Lipinski definition) is 0. The Balaban J connectivity index is 1.72. The molecule has 2 aromatic carbocycles. The predicted molar refractivity (Wildman–Crippen MR) is 136 cm³/mol. The van der Waals surface area contributed by atoms with Gasteiger partial charge in [-0.2, -0.15) is 5.10 Å². The number of carbonyl (C=O) groups excluding carboxylic acids is 1. The third kappa shape index (κ3) is 3.94. The number of aryl methyl sites for hydroxylation is 1. The van der Waals surface area contributed by atoms with Crippen LogP contribution in [0, 0.1) is 6.92 Å². The van der Waals surface area contributed by atoms with Gasteiger partial charge in [0.25, 0.3) is 5.56 Å². The summed E-state index contributed by atoms with van der Waals surface area (Å²) in [7, 11) is 1.32. The molecule has 0 N–H and O–H groups in total. The highest BCUT2D eigenvalue weighted by molar-refractivity contribution is 7.07. The lowest BCUT2D eigenvalue weighted by Crippen LogP contribution is -2.39. The van der Waals surface area contributed by atoms with Gasteiger partial charge in [0.05, 0.1) is 40.3 Å². The molecule has 4 aromatic rings. The SMILES string of the molecule is COC(=O)C1=C(C)N=c2sc(=Cc3c(C)nn(-c4ccccc4)c3Cl)c(=O)n2[C@@H]1c1ccccc1. The summed E-state index contributed by atoms with van der Waals surface area (Å²) >= 11 is 7.95. The van der Waals surface area contributed by atoms with E-state index in [1.807, 2.05) is 67.6 Å². The lowest BCUT2D eigenvalue weighted by Gasteiger charge is -2.24. The molecule has 1 aliphatic heterocycles. The molecule has 176 valence electrons. The largest absolute Gasteiger partial charge is 0.466 e. The van der Waals surface area contributed by atoms with Crippen LogP contribution >= 0.6 is 22.9 Å². The standard InChI is InChI=1S/C26H21ClN4O3S/c1-15-19(23(27)31(29-15)18-12-8-5-9-13-18)14-20-24(32)30-22(17-10-6-4-7-11-17)21(25(33)34-3)16(2)28-26(30)35-20/h4-14,22H,1-3H3/t22-/m1/s1. The first-order valence-electron chi connectivity index (χ1n) is 10.9. The maximum absolute atomic E-state index is 13.7. The van der Waals surface area contributed by atoms with Crippen molar-refractivity contribution in [3.8, 4) is 5.69 Å². The molecular weight excluding hydrogens is 484 g/mol. The van der Waals surface area contributed by atoms with Crippen LogP contribution < -0.4 is 14.9 Å². The Labute approximate surface area is 209 Å². The first-order valence-corrected chi connectivity index (χ1v) is 12.1. The van der Waals surface area contributed by atoms with Gasteiger partial charge in [0, 0.05) is 5.56 Å². The van der Waals surface area contributed by atoms with Crippen LogP contribution in [0.25, 0.3) is 11.8 Å². The maximum Gasteiger partial charge on any atom is 0.338 e. The van der Waals surface area contributed by atoms with Gasteiger partial charge >= 0.3 is 5.97 Å². The quantitative estimate of drug-likeness (QED) is 0.398. The minimum atomic E-state index is -0.648. The summed E-state index contributed by atoms with van der Waals surface area (Å²) in [5, 5.41) is 4.97. The number of thiazole rings is 1. The van der Waals surface area contributed by atoms with Crippen LogP contribution in [0.15, 0.2) is 81.7 Å². The molecule has 0 radical (unpaired) electrons. The number of fused-ring (bicyclic) bond motifs is 1. The summed E-state index contributed by atoms with van der Waals surface area (Å²) in [5.41, 5.74) is 3.55. The maximum atomic E-state index is 13.7. The van der Waals surface area contributed by atoms with E-state index in [-0.39, 0.29) is 5.56 Å². The highest BCUT2D eigenvalue weighted by atomic mass is 35.5. The molecule has 5 rings (SSSR count). The van der Waals surface area contributed by atoms with Crippen molar-refractivity contribution in [2.45, 2.75) is 19.9 Å². The molecule has 9 heteroatoms. The molecule has 0 aliphatic carbocycles. The van der Waals surface area contributed by atoms with Crippen LogP contribution in [0.5, 0.6) is 0 Å². The fourth-order valence-corrected chi connectivity index (χ4v) is 5.54. The molecule has 0 bridgehead atoms. The van der Waals surface area contributed by atoms with Gasteiger partial charge in [-0.3, -0.25) is 9.36 Å². The van der Waals surface area contributed by atoms with Crippen molar-refractivity contribution < 1.29 is 9.53 Å². The van der Waals surface area contributed by atoms with E-state index in [4.69, 9.17) is 16.3 Å². The number of para-hydroxylation sites is 1. The minimum Gasteiger partial charge on any atom is -0.466 e. The average molecular weight is 505 g/mol. The number of hydrogen-bond acceptors (Lipinski definition) is 6. The second-order valence-corrected chi connectivity index (χ2v) is 9.39. The number of halogens is 1. The zero-order chi connectivity index (χ0) is 24.7. The van der Waals surface area contributed by atoms with Crippen molar-refractivity contribution in [3.05, 3.63) is 114 Å². The molecule has 35 heavy (non-hydrogen) atoms. The summed E-state index contributed by atoms with van der Waals surface area (Å²) in [6, 6.07) is 18.3. The third-order valence-corrected chi connectivity index (χ3v) is 7.21. The highest BCUT2D eigenvalue weighted by Gasteiger charge is 2.33. The van der Waals surface area contributed by atoms with Gasteiger partial charge < -0.3 is 4.74 Å². The fourth-order valence-electron chi connectivity index (χ4n) is 4.19. The third-order valence-electron chi connectivity index (χ3n) is 5.87. The second-order valence-electron chi connectivity index (χ2n) is 8.02. The van der Waals surface area contributed by atoms with Crippen LogP contribution in [0.1, 0.15) is 29.8 Å². The lowest BCUT2D eigenvalue weighted by molar-refractivity contribution is -0.136. The van der Waals surface area contributed by atoms with Crippen molar-refractivity contribution in [1.82, 2.24) is 14.3 Å². The molecule has 0 unspecified atom stereocenters. The van der Waals surface area contributed by atoms with E-state index >= 15 is 0 Å². The first kappa shape index (κ1) is 23.0. The number of methoxy groups -OCH3 is 1.